The van der Waals surface area contributed by atoms with Crippen molar-refractivity contribution in [1.29, 1.82) is 0 Å². The van der Waals surface area contributed by atoms with E-state index < -0.39 is 5.60 Å². The minimum absolute atomic E-state index is 0.279. The molecule has 21 heavy (non-hydrogen) atoms. The molecule has 0 amide bonds. The van der Waals surface area contributed by atoms with Crippen LogP contribution >= 0.6 is 0 Å². The summed E-state index contributed by atoms with van der Waals surface area (Å²) in [4.78, 5) is 8.79. The van der Waals surface area contributed by atoms with E-state index in [-0.39, 0.29) is 11.6 Å². The van der Waals surface area contributed by atoms with Crippen molar-refractivity contribution in [2.24, 2.45) is 5.41 Å². The molecule has 1 fully saturated rings. The van der Waals surface area contributed by atoms with E-state index in [1.807, 2.05) is 6.92 Å². The largest absolute Gasteiger partial charge is 0.370 e. The summed E-state index contributed by atoms with van der Waals surface area (Å²) < 4.78 is 19.9. The number of aryl methyl sites for hydroxylation is 1. The van der Waals surface area contributed by atoms with Crippen LogP contribution in [0.5, 0.6) is 0 Å². The van der Waals surface area contributed by atoms with Crippen molar-refractivity contribution in [3.63, 3.8) is 0 Å². The molecule has 1 heterocycles. The Morgan fingerprint density at radius 3 is 2.33 bits per heavy atom. The first-order valence-corrected chi connectivity index (χ1v) is 7.67. The van der Waals surface area contributed by atoms with Gasteiger partial charge in [0, 0.05) is 13.7 Å². The Hall–Kier alpha value is -1.23. The van der Waals surface area contributed by atoms with Gasteiger partial charge in [0.15, 0.2) is 17.5 Å². The lowest BCUT2D eigenvalue weighted by Gasteiger charge is -2.41. The van der Waals surface area contributed by atoms with Crippen molar-refractivity contribution >= 4 is 5.82 Å². The minimum atomic E-state index is -0.488. The molecule has 1 aromatic rings. The fourth-order valence-corrected chi connectivity index (χ4v) is 2.90. The minimum Gasteiger partial charge on any atom is -0.370 e. The lowest BCUT2D eigenvalue weighted by molar-refractivity contribution is -0.0730. The molecule has 0 spiro atoms. The van der Waals surface area contributed by atoms with Gasteiger partial charge in [0.05, 0.1) is 5.69 Å². The summed E-state index contributed by atoms with van der Waals surface area (Å²) in [6.07, 6.45) is 3.84. The molecule has 1 saturated carbocycles. The summed E-state index contributed by atoms with van der Waals surface area (Å²) in [5.41, 5.74) is 0.206. The fraction of sp³-hybridized carbons (Fsp3) is 0.750. The fourth-order valence-electron chi connectivity index (χ4n) is 2.90. The zero-order valence-electron chi connectivity index (χ0n) is 13.7. The Kier molecular flexibility index (Phi) is 4.51. The van der Waals surface area contributed by atoms with Crippen molar-refractivity contribution in [2.75, 3.05) is 19.0 Å². The maximum absolute atomic E-state index is 14.1. The van der Waals surface area contributed by atoms with Crippen LogP contribution in [0.4, 0.5) is 10.2 Å². The number of nitrogens with zero attached hydrogens (tertiary/aromatic N) is 2. The molecule has 2 rings (SSSR count). The van der Waals surface area contributed by atoms with Gasteiger partial charge >= 0.3 is 0 Å². The molecule has 1 aromatic heterocycles. The van der Waals surface area contributed by atoms with Gasteiger partial charge in [-0.1, -0.05) is 13.8 Å². The number of halogens is 1. The van der Waals surface area contributed by atoms with Gasteiger partial charge in [0.2, 0.25) is 0 Å². The standard InChI is InChI=1S/C16H26FN3O/c1-6-18-13-12(17)11(2)19-14(20-13)16(21-5)9-7-15(3,4)8-10-16/h6-10H2,1-5H3,(H,18,19,20). The highest BCUT2D eigenvalue weighted by molar-refractivity contribution is 5.38. The van der Waals surface area contributed by atoms with E-state index in [2.05, 4.69) is 29.1 Å². The average Bonchev–Trinajstić information content (AvgIpc) is 2.44. The van der Waals surface area contributed by atoms with E-state index in [0.29, 0.717) is 23.5 Å². The van der Waals surface area contributed by atoms with Crippen LogP contribution in [0, 0.1) is 18.2 Å². The van der Waals surface area contributed by atoms with Crippen LogP contribution in [-0.4, -0.2) is 23.6 Å². The monoisotopic (exact) mass is 295 g/mol. The van der Waals surface area contributed by atoms with Gasteiger partial charge in [-0.2, -0.15) is 0 Å². The van der Waals surface area contributed by atoms with Crippen molar-refractivity contribution in [3.8, 4) is 0 Å². The lowest BCUT2D eigenvalue weighted by atomic mass is 9.70. The summed E-state index contributed by atoms with van der Waals surface area (Å²) in [5.74, 6) is 0.514. The molecule has 1 N–H and O–H groups in total. The topological polar surface area (TPSA) is 47.0 Å². The van der Waals surface area contributed by atoms with Crippen LogP contribution in [-0.2, 0) is 10.3 Å². The SMILES string of the molecule is CCNc1nc(C2(OC)CCC(C)(C)CC2)nc(C)c1F. The molecule has 0 radical (unpaired) electrons. The van der Waals surface area contributed by atoms with Gasteiger partial charge in [0.25, 0.3) is 0 Å². The first kappa shape index (κ1) is 16.1. The predicted octanol–water partition coefficient (Wildman–Crippen LogP) is 3.80. The molecule has 0 bridgehead atoms. The summed E-state index contributed by atoms with van der Waals surface area (Å²) in [7, 11) is 1.70. The second-order valence-corrected chi connectivity index (χ2v) is 6.69. The quantitative estimate of drug-likeness (QED) is 0.918. The number of hydrogen-bond donors (Lipinski definition) is 1. The normalized spacial score (nSPS) is 20.3. The van der Waals surface area contributed by atoms with Gasteiger partial charge in [-0.25, -0.2) is 14.4 Å². The first-order valence-electron chi connectivity index (χ1n) is 7.67. The highest BCUT2D eigenvalue weighted by Gasteiger charge is 2.42. The Balaban J connectivity index is 2.39. The third kappa shape index (κ3) is 3.18. The summed E-state index contributed by atoms with van der Waals surface area (Å²) >= 11 is 0. The zero-order chi connectivity index (χ0) is 15.7. The molecular formula is C16H26FN3O. The van der Waals surface area contributed by atoms with E-state index in [4.69, 9.17) is 4.74 Å². The summed E-state index contributed by atoms with van der Waals surface area (Å²) in [6, 6.07) is 0. The first-order chi connectivity index (χ1) is 9.83. The number of rotatable bonds is 4. The molecule has 4 nitrogen and oxygen atoms in total. The molecule has 1 aliphatic rings. The number of hydrogen-bond acceptors (Lipinski definition) is 4. The smallest absolute Gasteiger partial charge is 0.186 e. The molecule has 0 aromatic carbocycles. The molecule has 0 atom stereocenters. The van der Waals surface area contributed by atoms with Crippen LogP contribution in [0.1, 0.15) is 58.0 Å². The van der Waals surface area contributed by atoms with Crippen LogP contribution in [0.15, 0.2) is 0 Å². The Bertz CT molecular complexity index is 506. The summed E-state index contributed by atoms with van der Waals surface area (Å²) in [6.45, 7) is 8.77. The molecular weight excluding hydrogens is 269 g/mol. The van der Waals surface area contributed by atoms with Crippen molar-refractivity contribution in [1.82, 2.24) is 9.97 Å². The van der Waals surface area contributed by atoms with E-state index in [1.54, 1.807) is 14.0 Å². The van der Waals surface area contributed by atoms with Crippen LogP contribution < -0.4 is 5.32 Å². The Morgan fingerprint density at radius 1 is 1.19 bits per heavy atom. The highest BCUT2D eigenvalue weighted by Crippen LogP contribution is 2.46. The van der Waals surface area contributed by atoms with E-state index in [9.17, 15) is 4.39 Å². The van der Waals surface area contributed by atoms with Crippen molar-refractivity contribution in [3.05, 3.63) is 17.3 Å². The second-order valence-electron chi connectivity index (χ2n) is 6.69. The lowest BCUT2D eigenvalue weighted by Crippen LogP contribution is -2.38. The van der Waals surface area contributed by atoms with Crippen LogP contribution in [0.25, 0.3) is 0 Å². The Labute approximate surface area is 126 Å². The third-order valence-electron chi connectivity index (χ3n) is 4.57. The molecule has 0 saturated heterocycles. The number of methoxy groups -OCH3 is 1. The van der Waals surface area contributed by atoms with E-state index >= 15 is 0 Å². The number of anilines is 1. The molecule has 0 unspecified atom stereocenters. The van der Waals surface area contributed by atoms with E-state index in [1.165, 1.54) is 0 Å². The third-order valence-corrected chi connectivity index (χ3v) is 4.57. The van der Waals surface area contributed by atoms with Gasteiger partial charge in [-0.3, -0.25) is 0 Å². The maximum Gasteiger partial charge on any atom is 0.186 e. The second kappa shape index (κ2) is 5.87. The van der Waals surface area contributed by atoms with Crippen LogP contribution in [0.2, 0.25) is 0 Å². The molecule has 1 aliphatic carbocycles. The van der Waals surface area contributed by atoms with Gasteiger partial charge in [0.1, 0.15) is 5.60 Å². The van der Waals surface area contributed by atoms with E-state index in [0.717, 1.165) is 25.7 Å². The Morgan fingerprint density at radius 2 is 1.81 bits per heavy atom. The van der Waals surface area contributed by atoms with Gasteiger partial charge < -0.3 is 10.1 Å². The predicted molar refractivity (Wildman–Crippen MR) is 81.8 cm³/mol. The average molecular weight is 295 g/mol. The number of aromatic nitrogens is 2. The van der Waals surface area contributed by atoms with Gasteiger partial charge in [-0.05, 0) is 44.9 Å². The molecule has 5 heteroatoms. The summed E-state index contributed by atoms with van der Waals surface area (Å²) in [5, 5.41) is 2.97. The van der Waals surface area contributed by atoms with Crippen molar-refractivity contribution in [2.45, 2.75) is 59.0 Å². The maximum atomic E-state index is 14.1. The van der Waals surface area contributed by atoms with Crippen LogP contribution in [0.3, 0.4) is 0 Å². The zero-order valence-corrected chi connectivity index (χ0v) is 13.7. The van der Waals surface area contributed by atoms with Gasteiger partial charge in [-0.15, -0.1) is 0 Å². The number of ether oxygens (including phenoxy) is 1. The molecule has 0 aliphatic heterocycles. The highest BCUT2D eigenvalue weighted by atomic mass is 19.1. The van der Waals surface area contributed by atoms with Crippen molar-refractivity contribution < 1.29 is 9.13 Å². The molecule has 118 valence electrons. The number of nitrogens with one attached hydrogen (secondary N) is 1.